The van der Waals surface area contributed by atoms with Gasteiger partial charge in [-0.15, -0.1) is 0 Å². The summed E-state index contributed by atoms with van der Waals surface area (Å²) in [5.41, 5.74) is 1.19. The van der Waals surface area contributed by atoms with Crippen LogP contribution in [-0.2, 0) is 17.6 Å². The number of anilines is 1. The summed E-state index contributed by atoms with van der Waals surface area (Å²) in [4.78, 5) is 30.5. The molecule has 2 rings (SSSR count). The third-order valence-electron chi connectivity index (χ3n) is 4.11. The molecule has 0 aliphatic carbocycles. The molecule has 1 aromatic carbocycles. The summed E-state index contributed by atoms with van der Waals surface area (Å²) < 4.78 is 0. The molecular formula is C20H25N5O4S. The average molecular weight is 432 g/mol. The van der Waals surface area contributed by atoms with Gasteiger partial charge in [-0.1, -0.05) is 30.3 Å². The predicted octanol–water partition coefficient (Wildman–Crippen LogP) is 1.70. The summed E-state index contributed by atoms with van der Waals surface area (Å²) in [7, 11) is 0. The number of aromatic carboxylic acids is 1. The molecule has 0 saturated carbocycles. The lowest BCUT2D eigenvalue weighted by molar-refractivity contribution is -0.136. The number of nitrogens with zero attached hydrogens (tertiary/aromatic N) is 2. The molecule has 1 aromatic heterocycles. The largest absolute Gasteiger partial charge is 0.481 e. The highest BCUT2D eigenvalue weighted by molar-refractivity contribution is 7.80. The molecule has 10 heteroatoms. The zero-order chi connectivity index (χ0) is 21.8. The van der Waals surface area contributed by atoms with Crippen LogP contribution in [0.25, 0.3) is 0 Å². The minimum absolute atomic E-state index is 0.0122. The van der Waals surface area contributed by atoms with E-state index < -0.39 is 11.9 Å². The minimum Gasteiger partial charge on any atom is -0.481 e. The van der Waals surface area contributed by atoms with Crippen molar-refractivity contribution in [1.29, 1.82) is 0 Å². The van der Waals surface area contributed by atoms with Crippen molar-refractivity contribution in [3.05, 3.63) is 53.5 Å². The van der Waals surface area contributed by atoms with E-state index in [4.69, 9.17) is 17.3 Å². The summed E-state index contributed by atoms with van der Waals surface area (Å²) in [5, 5.41) is 27.2. The summed E-state index contributed by atoms with van der Waals surface area (Å²) in [6.07, 6.45) is 3.35. The van der Waals surface area contributed by atoms with Crippen molar-refractivity contribution in [2.24, 2.45) is 0 Å². The molecule has 0 spiro atoms. The first-order valence-electron chi connectivity index (χ1n) is 9.56. The van der Waals surface area contributed by atoms with Gasteiger partial charge in [0.2, 0.25) is 0 Å². The van der Waals surface area contributed by atoms with Crippen LogP contribution < -0.4 is 16.0 Å². The number of aryl methyl sites for hydroxylation is 2. The topological polar surface area (TPSA) is 136 Å². The van der Waals surface area contributed by atoms with Crippen LogP contribution in [0.1, 0.15) is 34.6 Å². The van der Waals surface area contributed by atoms with Crippen LogP contribution in [0.15, 0.2) is 36.5 Å². The maximum absolute atomic E-state index is 11.4. The number of hydrogen-bond donors (Lipinski definition) is 5. The van der Waals surface area contributed by atoms with E-state index in [1.807, 2.05) is 30.3 Å². The Morgan fingerprint density at radius 2 is 1.73 bits per heavy atom. The molecule has 0 amide bonds. The Balaban J connectivity index is 1.80. The normalized spacial score (nSPS) is 10.3. The quantitative estimate of drug-likeness (QED) is 0.249. The highest BCUT2D eigenvalue weighted by atomic mass is 32.1. The van der Waals surface area contributed by atoms with E-state index in [2.05, 4.69) is 25.9 Å². The number of rotatable bonds is 12. The fourth-order valence-electron chi connectivity index (χ4n) is 2.57. The fourth-order valence-corrected chi connectivity index (χ4v) is 2.78. The third-order valence-corrected chi connectivity index (χ3v) is 4.39. The first-order chi connectivity index (χ1) is 14.5. The summed E-state index contributed by atoms with van der Waals surface area (Å²) in [6.45, 7) is 1.29. The highest BCUT2D eigenvalue weighted by Gasteiger charge is 2.13. The van der Waals surface area contributed by atoms with Crippen molar-refractivity contribution in [2.75, 3.05) is 25.0 Å². The van der Waals surface area contributed by atoms with Crippen molar-refractivity contribution < 1.29 is 19.8 Å². The van der Waals surface area contributed by atoms with Gasteiger partial charge in [-0.05, 0) is 30.6 Å². The molecule has 5 N–H and O–H groups in total. The molecule has 30 heavy (non-hydrogen) atoms. The SMILES string of the molecule is O=C(O)CCNC(=S)NCCCNc1nc(CCc2ccccc2)ncc1C(=O)O. The lowest BCUT2D eigenvalue weighted by Crippen LogP contribution is -2.37. The minimum atomic E-state index is -1.09. The number of carboxylic acids is 2. The summed E-state index contributed by atoms with van der Waals surface area (Å²) in [6, 6.07) is 9.95. The van der Waals surface area contributed by atoms with Gasteiger partial charge in [0.25, 0.3) is 0 Å². The Hall–Kier alpha value is -3.27. The van der Waals surface area contributed by atoms with Gasteiger partial charge in [0.05, 0.1) is 6.42 Å². The number of hydrogen-bond acceptors (Lipinski definition) is 6. The van der Waals surface area contributed by atoms with Crippen LogP contribution in [0.2, 0.25) is 0 Å². The number of aromatic nitrogens is 2. The Bertz CT molecular complexity index is 864. The van der Waals surface area contributed by atoms with Gasteiger partial charge in [-0.2, -0.15) is 0 Å². The monoisotopic (exact) mass is 431 g/mol. The molecule has 0 atom stereocenters. The van der Waals surface area contributed by atoms with Crippen molar-refractivity contribution >= 4 is 35.1 Å². The van der Waals surface area contributed by atoms with Crippen LogP contribution in [0.5, 0.6) is 0 Å². The van der Waals surface area contributed by atoms with Gasteiger partial charge in [0.1, 0.15) is 17.2 Å². The number of benzene rings is 1. The molecule has 160 valence electrons. The molecule has 9 nitrogen and oxygen atoms in total. The molecule has 0 saturated heterocycles. The van der Waals surface area contributed by atoms with Gasteiger partial charge < -0.3 is 26.2 Å². The lowest BCUT2D eigenvalue weighted by atomic mass is 10.1. The van der Waals surface area contributed by atoms with Gasteiger partial charge in [0, 0.05) is 32.3 Å². The zero-order valence-electron chi connectivity index (χ0n) is 16.4. The molecule has 0 aliphatic heterocycles. The van der Waals surface area contributed by atoms with E-state index in [0.717, 1.165) is 12.0 Å². The highest BCUT2D eigenvalue weighted by Crippen LogP contribution is 2.13. The van der Waals surface area contributed by atoms with E-state index in [-0.39, 0.29) is 18.5 Å². The Morgan fingerprint density at radius 1 is 1.00 bits per heavy atom. The summed E-state index contributed by atoms with van der Waals surface area (Å²) in [5.74, 6) is -1.11. The maximum Gasteiger partial charge on any atom is 0.341 e. The number of carbonyl (C=O) groups is 2. The number of aliphatic carboxylic acids is 1. The van der Waals surface area contributed by atoms with Crippen molar-refractivity contribution in [3.8, 4) is 0 Å². The standard InChI is InChI=1S/C20H25N5O4S/c26-17(27)9-12-23-20(30)22-11-4-10-21-18-15(19(28)29)13-24-16(25-18)8-7-14-5-2-1-3-6-14/h1-3,5-6,13H,4,7-12H2,(H,26,27)(H,28,29)(H,21,24,25)(H2,22,23,30). The second kappa shape index (κ2) is 12.3. The molecule has 0 fully saturated rings. The van der Waals surface area contributed by atoms with Crippen LogP contribution in [0.3, 0.4) is 0 Å². The lowest BCUT2D eigenvalue weighted by Gasteiger charge is -2.12. The average Bonchev–Trinajstić information content (AvgIpc) is 2.72. The summed E-state index contributed by atoms with van der Waals surface area (Å²) >= 11 is 5.06. The zero-order valence-corrected chi connectivity index (χ0v) is 17.2. The Morgan fingerprint density at radius 3 is 2.43 bits per heavy atom. The first kappa shape index (κ1) is 23.0. The Labute approximate surface area is 179 Å². The molecule has 2 aromatic rings. The smallest absolute Gasteiger partial charge is 0.341 e. The predicted molar refractivity (Wildman–Crippen MR) is 117 cm³/mol. The van der Waals surface area contributed by atoms with Crippen molar-refractivity contribution in [2.45, 2.75) is 25.7 Å². The second-order valence-electron chi connectivity index (χ2n) is 6.45. The van der Waals surface area contributed by atoms with E-state index in [1.165, 1.54) is 6.20 Å². The van der Waals surface area contributed by atoms with Crippen LogP contribution in [0.4, 0.5) is 5.82 Å². The van der Waals surface area contributed by atoms with Gasteiger partial charge >= 0.3 is 11.9 Å². The van der Waals surface area contributed by atoms with Crippen molar-refractivity contribution in [3.63, 3.8) is 0 Å². The number of nitrogens with one attached hydrogen (secondary N) is 3. The van der Waals surface area contributed by atoms with Crippen molar-refractivity contribution in [1.82, 2.24) is 20.6 Å². The third kappa shape index (κ3) is 8.39. The molecular weight excluding hydrogens is 406 g/mol. The van der Waals surface area contributed by atoms with E-state index >= 15 is 0 Å². The second-order valence-corrected chi connectivity index (χ2v) is 6.85. The van der Waals surface area contributed by atoms with Crippen LogP contribution in [0, 0.1) is 0 Å². The number of thiocarbonyl (C=S) groups is 1. The molecule has 0 unspecified atom stereocenters. The molecule has 0 bridgehead atoms. The molecule has 0 aliphatic rings. The Kier molecular flexibility index (Phi) is 9.46. The maximum atomic E-state index is 11.4. The first-order valence-corrected chi connectivity index (χ1v) is 9.97. The van der Waals surface area contributed by atoms with Gasteiger partial charge in [0.15, 0.2) is 5.11 Å². The van der Waals surface area contributed by atoms with E-state index in [1.54, 1.807) is 0 Å². The fraction of sp³-hybridized carbons (Fsp3) is 0.350. The van der Waals surface area contributed by atoms with Gasteiger partial charge in [-0.25, -0.2) is 14.8 Å². The van der Waals surface area contributed by atoms with E-state index in [9.17, 15) is 14.7 Å². The number of carboxylic acid groups (broad SMARTS) is 2. The van der Waals surface area contributed by atoms with Crippen LogP contribution in [-0.4, -0.2) is 56.9 Å². The van der Waals surface area contributed by atoms with Crippen LogP contribution >= 0.6 is 12.2 Å². The molecule has 1 heterocycles. The van der Waals surface area contributed by atoms with E-state index in [0.29, 0.717) is 42.7 Å². The van der Waals surface area contributed by atoms with Gasteiger partial charge in [-0.3, -0.25) is 4.79 Å². The molecule has 0 radical (unpaired) electrons.